The highest BCUT2D eigenvalue weighted by Gasteiger charge is 2.17. The second-order valence-corrected chi connectivity index (χ2v) is 4.66. The molecule has 1 aromatic carbocycles. The molecule has 0 aliphatic carbocycles. The second kappa shape index (κ2) is 5.55. The van der Waals surface area contributed by atoms with Gasteiger partial charge in [-0.1, -0.05) is 11.6 Å². The van der Waals surface area contributed by atoms with E-state index in [1.54, 1.807) is 12.3 Å². The summed E-state index contributed by atoms with van der Waals surface area (Å²) in [6, 6.07) is 6.30. The molecule has 0 aliphatic heterocycles. The summed E-state index contributed by atoms with van der Waals surface area (Å²) >= 11 is 6.07. The maximum atomic E-state index is 13.2. The van der Waals surface area contributed by atoms with E-state index in [-0.39, 0.29) is 11.9 Å². The number of rotatable bonds is 4. The second-order valence-electron chi connectivity index (χ2n) is 4.25. The number of benzene rings is 1. The number of hydrogen-bond donors (Lipinski definition) is 1. The molecule has 18 heavy (non-hydrogen) atoms. The molecule has 0 bridgehead atoms. The van der Waals surface area contributed by atoms with Crippen molar-refractivity contribution in [2.75, 3.05) is 7.05 Å². The van der Waals surface area contributed by atoms with Crippen LogP contribution in [0.4, 0.5) is 4.39 Å². The third kappa shape index (κ3) is 2.74. The Hall–Kier alpha value is -1.32. The number of halogens is 2. The highest BCUT2D eigenvalue weighted by molar-refractivity contribution is 6.31. The number of nitrogens with one attached hydrogen (secondary N) is 1. The van der Waals surface area contributed by atoms with Crippen LogP contribution in [0.3, 0.4) is 0 Å². The van der Waals surface area contributed by atoms with Gasteiger partial charge in [0.25, 0.3) is 0 Å². The molecule has 1 aromatic heterocycles. The first kappa shape index (κ1) is 13.1. The van der Waals surface area contributed by atoms with Crippen LogP contribution in [0.25, 0.3) is 0 Å². The molecule has 2 rings (SSSR count). The molecular weight excluding hydrogens is 253 g/mol. The van der Waals surface area contributed by atoms with Crippen LogP contribution in [-0.2, 0) is 6.42 Å². The van der Waals surface area contributed by atoms with E-state index in [9.17, 15) is 4.39 Å². The van der Waals surface area contributed by atoms with E-state index >= 15 is 0 Å². The topological polar surface area (TPSA) is 25.2 Å². The first-order chi connectivity index (χ1) is 8.61. The van der Waals surface area contributed by atoms with Crippen LogP contribution in [0.15, 0.2) is 34.9 Å². The Bertz CT molecular complexity index is 538. The van der Waals surface area contributed by atoms with Crippen molar-refractivity contribution in [3.8, 4) is 0 Å². The van der Waals surface area contributed by atoms with Gasteiger partial charge < -0.3 is 9.73 Å². The Morgan fingerprint density at radius 3 is 2.78 bits per heavy atom. The van der Waals surface area contributed by atoms with E-state index in [2.05, 4.69) is 5.32 Å². The molecular formula is C14H15ClFNO. The van der Waals surface area contributed by atoms with Crippen molar-refractivity contribution in [1.29, 1.82) is 0 Å². The highest BCUT2D eigenvalue weighted by atomic mass is 35.5. The Morgan fingerprint density at radius 2 is 2.17 bits per heavy atom. The number of likely N-dealkylation sites (N-methyl/N-ethyl adjacent to an activating group) is 1. The average molecular weight is 268 g/mol. The van der Waals surface area contributed by atoms with Gasteiger partial charge in [-0.2, -0.15) is 0 Å². The van der Waals surface area contributed by atoms with E-state index < -0.39 is 0 Å². The third-order valence-electron chi connectivity index (χ3n) is 3.00. The van der Waals surface area contributed by atoms with Gasteiger partial charge in [0.15, 0.2) is 0 Å². The third-order valence-corrected chi connectivity index (χ3v) is 3.37. The van der Waals surface area contributed by atoms with Crippen LogP contribution < -0.4 is 5.32 Å². The molecule has 0 saturated carbocycles. The fourth-order valence-electron chi connectivity index (χ4n) is 1.99. The van der Waals surface area contributed by atoms with Gasteiger partial charge in [-0.15, -0.1) is 0 Å². The molecule has 1 N–H and O–H groups in total. The minimum absolute atomic E-state index is 0.0145. The molecule has 1 atom stereocenters. The summed E-state index contributed by atoms with van der Waals surface area (Å²) < 4.78 is 18.7. The lowest BCUT2D eigenvalue weighted by molar-refractivity contribution is 0.426. The van der Waals surface area contributed by atoms with Gasteiger partial charge in [0.05, 0.1) is 12.3 Å². The predicted octanol–water partition coefficient (Wildman–Crippen LogP) is 3.88. The van der Waals surface area contributed by atoms with Gasteiger partial charge in [-0.3, -0.25) is 0 Å². The molecule has 96 valence electrons. The normalized spacial score (nSPS) is 12.7. The van der Waals surface area contributed by atoms with Crippen molar-refractivity contribution >= 4 is 11.6 Å². The van der Waals surface area contributed by atoms with Crippen LogP contribution in [0.2, 0.25) is 5.02 Å². The molecule has 1 heterocycles. The summed E-state index contributed by atoms with van der Waals surface area (Å²) in [6.45, 7) is 1.98. The zero-order valence-electron chi connectivity index (χ0n) is 10.3. The molecule has 2 aromatic rings. The SMILES string of the molecule is CNC(Cc1cc(F)ccc1Cl)c1occc1C. The predicted molar refractivity (Wildman–Crippen MR) is 70.4 cm³/mol. The zero-order valence-corrected chi connectivity index (χ0v) is 11.1. The minimum atomic E-state index is -0.277. The summed E-state index contributed by atoms with van der Waals surface area (Å²) in [5.41, 5.74) is 1.84. The van der Waals surface area contributed by atoms with Crippen LogP contribution in [0.5, 0.6) is 0 Å². The van der Waals surface area contributed by atoms with Gasteiger partial charge in [-0.05, 0) is 55.8 Å². The standard InChI is InChI=1S/C14H15ClFNO/c1-9-5-6-18-14(9)13(17-2)8-10-7-11(16)3-4-12(10)15/h3-7,13,17H,8H2,1-2H3. The Kier molecular flexibility index (Phi) is 4.04. The molecule has 0 aliphatic rings. The van der Waals surface area contributed by atoms with E-state index in [4.69, 9.17) is 16.0 Å². The number of hydrogen-bond acceptors (Lipinski definition) is 2. The maximum Gasteiger partial charge on any atom is 0.123 e. The van der Waals surface area contributed by atoms with Gasteiger partial charge in [0.2, 0.25) is 0 Å². The largest absolute Gasteiger partial charge is 0.467 e. The van der Waals surface area contributed by atoms with Gasteiger partial charge >= 0.3 is 0 Å². The fourth-order valence-corrected chi connectivity index (χ4v) is 2.18. The summed E-state index contributed by atoms with van der Waals surface area (Å²) in [5.74, 6) is 0.582. The number of aryl methyl sites for hydroxylation is 1. The smallest absolute Gasteiger partial charge is 0.123 e. The Morgan fingerprint density at radius 1 is 1.39 bits per heavy atom. The molecule has 0 saturated heterocycles. The van der Waals surface area contributed by atoms with Crippen LogP contribution in [0.1, 0.15) is 22.9 Å². The van der Waals surface area contributed by atoms with Crippen LogP contribution >= 0.6 is 11.6 Å². The van der Waals surface area contributed by atoms with E-state index in [0.29, 0.717) is 11.4 Å². The maximum absolute atomic E-state index is 13.2. The molecule has 1 unspecified atom stereocenters. The van der Waals surface area contributed by atoms with Crippen molar-refractivity contribution in [1.82, 2.24) is 5.32 Å². The summed E-state index contributed by atoms with van der Waals surface area (Å²) in [4.78, 5) is 0. The van der Waals surface area contributed by atoms with E-state index in [1.807, 2.05) is 20.0 Å². The van der Waals surface area contributed by atoms with E-state index in [0.717, 1.165) is 16.9 Å². The van der Waals surface area contributed by atoms with Crippen molar-refractivity contribution < 1.29 is 8.81 Å². The fraction of sp³-hybridized carbons (Fsp3) is 0.286. The Balaban J connectivity index is 2.26. The molecule has 4 heteroatoms. The highest BCUT2D eigenvalue weighted by Crippen LogP contribution is 2.26. The summed E-state index contributed by atoms with van der Waals surface area (Å²) in [5, 5.41) is 3.74. The summed E-state index contributed by atoms with van der Waals surface area (Å²) in [6.07, 6.45) is 2.24. The first-order valence-electron chi connectivity index (χ1n) is 5.77. The molecule has 0 amide bonds. The van der Waals surface area contributed by atoms with Crippen LogP contribution in [0, 0.1) is 12.7 Å². The number of furan rings is 1. The van der Waals surface area contributed by atoms with Crippen molar-refractivity contribution in [2.24, 2.45) is 0 Å². The van der Waals surface area contributed by atoms with Gasteiger partial charge in [-0.25, -0.2) is 4.39 Å². The lowest BCUT2D eigenvalue weighted by Crippen LogP contribution is -2.19. The molecule has 2 nitrogen and oxygen atoms in total. The molecule has 0 radical (unpaired) electrons. The zero-order chi connectivity index (χ0) is 13.1. The molecule has 0 spiro atoms. The lowest BCUT2D eigenvalue weighted by Gasteiger charge is -2.15. The van der Waals surface area contributed by atoms with E-state index in [1.165, 1.54) is 12.1 Å². The first-order valence-corrected chi connectivity index (χ1v) is 6.14. The molecule has 0 fully saturated rings. The quantitative estimate of drug-likeness (QED) is 0.909. The average Bonchev–Trinajstić information content (AvgIpc) is 2.77. The Labute approximate surface area is 111 Å². The summed E-state index contributed by atoms with van der Waals surface area (Å²) in [7, 11) is 1.85. The van der Waals surface area contributed by atoms with Gasteiger partial charge in [0.1, 0.15) is 11.6 Å². The van der Waals surface area contributed by atoms with Crippen LogP contribution in [-0.4, -0.2) is 7.05 Å². The monoisotopic (exact) mass is 267 g/mol. The van der Waals surface area contributed by atoms with Crippen molar-refractivity contribution in [3.63, 3.8) is 0 Å². The van der Waals surface area contributed by atoms with Crippen molar-refractivity contribution in [2.45, 2.75) is 19.4 Å². The van der Waals surface area contributed by atoms with Gasteiger partial charge in [0, 0.05) is 5.02 Å². The minimum Gasteiger partial charge on any atom is -0.467 e. The van der Waals surface area contributed by atoms with Crippen molar-refractivity contribution in [3.05, 3.63) is 58.3 Å². The lowest BCUT2D eigenvalue weighted by atomic mass is 10.0.